The Morgan fingerprint density at radius 3 is 2.60 bits per heavy atom. The van der Waals surface area contributed by atoms with E-state index in [2.05, 4.69) is 15.0 Å². The van der Waals surface area contributed by atoms with Crippen LogP contribution >= 0.6 is 0 Å². The summed E-state index contributed by atoms with van der Waals surface area (Å²) in [6.45, 7) is 3.61. The minimum Gasteiger partial charge on any atom is -0.352 e. The van der Waals surface area contributed by atoms with Gasteiger partial charge in [-0.05, 0) is 25.5 Å². The monoisotopic (exact) mass is 366 g/mol. The molecule has 9 nitrogen and oxygen atoms in total. The lowest BCUT2D eigenvalue weighted by Gasteiger charge is -2.21. The van der Waals surface area contributed by atoms with E-state index in [9.17, 15) is 22.8 Å². The number of hydrogen-bond donors (Lipinski definition) is 3. The van der Waals surface area contributed by atoms with Crippen LogP contribution in [0.5, 0.6) is 0 Å². The molecule has 1 aromatic carbocycles. The van der Waals surface area contributed by atoms with Gasteiger partial charge in [0, 0.05) is 6.54 Å². The maximum Gasteiger partial charge on any atom is 0.347 e. The fourth-order valence-electron chi connectivity index (χ4n) is 2.29. The summed E-state index contributed by atoms with van der Waals surface area (Å²) in [4.78, 5) is 38.7. The summed E-state index contributed by atoms with van der Waals surface area (Å²) in [5.74, 6) is -1.42. The molecule has 0 aliphatic carbocycles. The van der Waals surface area contributed by atoms with E-state index < -0.39 is 33.1 Å². The number of rotatable bonds is 6. The van der Waals surface area contributed by atoms with Crippen LogP contribution in [-0.2, 0) is 14.8 Å². The molecule has 4 amide bonds. The van der Waals surface area contributed by atoms with Gasteiger partial charge in [-0.3, -0.25) is 19.6 Å². The zero-order valence-electron chi connectivity index (χ0n) is 13.7. The van der Waals surface area contributed by atoms with Gasteiger partial charge in [-0.1, -0.05) is 19.1 Å². The second-order valence-electron chi connectivity index (χ2n) is 5.38. The van der Waals surface area contributed by atoms with Crippen LogP contribution in [-0.4, -0.2) is 43.8 Å². The number of carbonyl (C=O) groups excluding carboxylic acids is 3. The first-order valence-electron chi connectivity index (χ1n) is 7.55. The lowest BCUT2D eigenvalue weighted by molar-refractivity contribution is -0.118. The number of sulfonamides is 1. The highest BCUT2D eigenvalue weighted by atomic mass is 32.2. The van der Waals surface area contributed by atoms with E-state index in [1.165, 1.54) is 19.1 Å². The van der Waals surface area contributed by atoms with E-state index >= 15 is 0 Å². The number of aliphatic imine (C=N–C) groups is 1. The molecule has 0 saturated heterocycles. The first-order chi connectivity index (χ1) is 11.8. The number of benzene rings is 1. The van der Waals surface area contributed by atoms with Gasteiger partial charge in [0.15, 0.2) is 5.25 Å². The van der Waals surface area contributed by atoms with Crippen LogP contribution < -0.4 is 15.4 Å². The topological polar surface area (TPSA) is 134 Å². The standard InChI is InChI=1S/C15H18N4O5S/c1-3-8-16-13(20)10-6-4-5-7-11(10)19-25(23,24)12-9(2)17-15(22)18-14(12)21/h4-7,12,19H,3,8H2,1-2H3,(H,16,20)(H,18,21,22). The van der Waals surface area contributed by atoms with Gasteiger partial charge < -0.3 is 5.32 Å². The molecule has 0 bridgehead atoms. The lowest BCUT2D eigenvalue weighted by atomic mass is 10.1. The van der Waals surface area contributed by atoms with Crippen LogP contribution in [0.25, 0.3) is 0 Å². The minimum atomic E-state index is -4.26. The van der Waals surface area contributed by atoms with Crippen LogP contribution in [0.2, 0.25) is 0 Å². The third-order valence-corrected chi connectivity index (χ3v) is 5.08. The van der Waals surface area contributed by atoms with Crippen molar-refractivity contribution >= 4 is 39.3 Å². The van der Waals surface area contributed by atoms with Crippen molar-refractivity contribution in [1.29, 1.82) is 0 Å². The number of nitrogens with one attached hydrogen (secondary N) is 3. The predicted octanol–water partition coefficient (Wildman–Crippen LogP) is 0.647. The van der Waals surface area contributed by atoms with Gasteiger partial charge in [-0.25, -0.2) is 18.2 Å². The van der Waals surface area contributed by atoms with Crippen molar-refractivity contribution in [3.05, 3.63) is 29.8 Å². The molecule has 1 aromatic rings. The van der Waals surface area contributed by atoms with E-state index in [1.54, 1.807) is 12.1 Å². The van der Waals surface area contributed by atoms with Crippen molar-refractivity contribution in [2.24, 2.45) is 4.99 Å². The molecule has 3 N–H and O–H groups in total. The van der Waals surface area contributed by atoms with Gasteiger partial charge in [0.05, 0.1) is 17.0 Å². The molecule has 1 aliphatic heterocycles. The number of anilines is 1. The van der Waals surface area contributed by atoms with Gasteiger partial charge in [0.1, 0.15) is 0 Å². The number of para-hydroxylation sites is 1. The summed E-state index contributed by atoms with van der Waals surface area (Å²) in [6, 6.07) is 5.12. The quantitative estimate of drug-likeness (QED) is 0.679. The fourth-order valence-corrected chi connectivity index (χ4v) is 3.73. The smallest absolute Gasteiger partial charge is 0.347 e. The number of imide groups is 1. The molecule has 0 saturated carbocycles. The van der Waals surface area contributed by atoms with Gasteiger partial charge in [-0.15, -0.1) is 0 Å². The predicted molar refractivity (Wildman–Crippen MR) is 92.0 cm³/mol. The Hall–Kier alpha value is -2.75. The molecule has 0 fully saturated rings. The normalized spacial score (nSPS) is 17.5. The van der Waals surface area contributed by atoms with Crippen LogP contribution in [0.4, 0.5) is 10.5 Å². The molecule has 2 rings (SSSR count). The number of urea groups is 1. The minimum absolute atomic E-state index is 0.0357. The highest BCUT2D eigenvalue weighted by molar-refractivity contribution is 7.94. The molecular weight excluding hydrogens is 348 g/mol. The fraction of sp³-hybridized carbons (Fsp3) is 0.333. The van der Waals surface area contributed by atoms with E-state index in [1.807, 2.05) is 12.2 Å². The summed E-state index contributed by atoms with van der Waals surface area (Å²) in [5, 5.41) is 2.85. The second kappa shape index (κ2) is 7.43. The third kappa shape index (κ3) is 4.21. The first-order valence-corrected chi connectivity index (χ1v) is 9.09. The Bertz CT molecular complexity index is 847. The van der Waals surface area contributed by atoms with Crippen molar-refractivity contribution in [1.82, 2.24) is 10.6 Å². The van der Waals surface area contributed by atoms with Crippen molar-refractivity contribution in [2.75, 3.05) is 11.3 Å². The maximum absolute atomic E-state index is 12.6. The zero-order chi connectivity index (χ0) is 18.6. The lowest BCUT2D eigenvalue weighted by Crippen LogP contribution is -2.51. The van der Waals surface area contributed by atoms with Gasteiger partial charge >= 0.3 is 6.03 Å². The van der Waals surface area contributed by atoms with E-state index in [0.29, 0.717) is 6.54 Å². The highest BCUT2D eigenvalue weighted by Crippen LogP contribution is 2.19. The van der Waals surface area contributed by atoms with Crippen LogP contribution in [0.15, 0.2) is 29.3 Å². The largest absolute Gasteiger partial charge is 0.352 e. The summed E-state index contributed by atoms with van der Waals surface area (Å²) < 4.78 is 27.4. The number of hydrogen-bond acceptors (Lipinski definition) is 5. The van der Waals surface area contributed by atoms with E-state index in [0.717, 1.165) is 6.42 Å². The molecule has 25 heavy (non-hydrogen) atoms. The summed E-state index contributed by atoms with van der Waals surface area (Å²) in [5.41, 5.74) is 0.0178. The molecule has 1 atom stereocenters. The van der Waals surface area contributed by atoms with Crippen molar-refractivity contribution in [3.8, 4) is 0 Å². The third-order valence-electron chi connectivity index (χ3n) is 3.40. The second-order valence-corrected chi connectivity index (χ2v) is 7.14. The first kappa shape index (κ1) is 18.6. The van der Waals surface area contributed by atoms with Crippen LogP contribution in [0, 0.1) is 0 Å². The van der Waals surface area contributed by atoms with Crippen LogP contribution in [0.1, 0.15) is 30.6 Å². The SMILES string of the molecule is CCCNC(=O)c1ccccc1NS(=O)(=O)C1C(=O)NC(=O)N=C1C. The number of carbonyl (C=O) groups is 3. The summed E-state index contributed by atoms with van der Waals surface area (Å²) in [7, 11) is -4.26. The molecule has 0 spiro atoms. The Morgan fingerprint density at radius 2 is 1.96 bits per heavy atom. The molecule has 1 heterocycles. The van der Waals surface area contributed by atoms with E-state index in [4.69, 9.17) is 0 Å². The molecule has 0 radical (unpaired) electrons. The van der Waals surface area contributed by atoms with Crippen molar-refractivity contribution < 1.29 is 22.8 Å². The summed E-state index contributed by atoms with van der Waals surface area (Å²) in [6.07, 6.45) is 0.728. The van der Waals surface area contributed by atoms with Gasteiger partial charge in [-0.2, -0.15) is 0 Å². The van der Waals surface area contributed by atoms with Crippen molar-refractivity contribution in [2.45, 2.75) is 25.5 Å². The Morgan fingerprint density at radius 1 is 1.28 bits per heavy atom. The van der Waals surface area contributed by atoms with Crippen LogP contribution in [0.3, 0.4) is 0 Å². The Kier molecular flexibility index (Phi) is 5.52. The summed E-state index contributed by atoms with van der Waals surface area (Å²) >= 11 is 0. The molecule has 0 aromatic heterocycles. The number of nitrogens with zero attached hydrogens (tertiary/aromatic N) is 1. The Labute approximate surface area is 145 Å². The average Bonchev–Trinajstić information content (AvgIpc) is 2.51. The zero-order valence-corrected chi connectivity index (χ0v) is 14.5. The van der Waals surface area contributed by atoms with E-state index in [-0.39, 0.29) is 17.0 Å². The molecule has 1 unspecified atom stereocenters. The van der Waals surface area contributed by atoms with Gasteiger partial charge in [0.25, 0.3) is 11.8 Å². The number of amides is 4. The van der Waals surface area contributed by atoms with Gasteiger partial charge in [0.2, 0.25) is 10.0 Å². The highest BCUT2D eigenvalue weighted by Gasteiger charge is 2.39. The van der Waals surface area contributed by atoms with Crippen molar-refractivity contribution in [3.63, 3.8) is 0 Å². The molecule has 1 aliphatic rings. The molecule has 134 valence electrons. The molecule has 10 heteroatoms. The molecular formula is C15H18N4O5S. The maximum atomic E-state index is 12.6. The average molecular weight is 366 g/mol. The Balaban J connectivity index is 2.33.